The van der Waals surface area contributed by atoms with E-state index in [1.807, 2.05) is 6.92 Å². The van der Waals surface area contributed by atoms with Gasteiger partial charge in [-0.25, -0.2) is 13.6 Å². The van der Waals surface area contributed by atoms with Gasteiger partial charge in [0, 0.05) is 6.20 Å². The van der Waals surface area contributed by atoms with Crippen LogP contribution in [0.25, 0.3) is 16.3 Å². The predicted molar refractivity (Wildman–Crippen MR) is 94.6 cm³/mol. The summed E-state index contributed by atoms with van der Waals surface area (Å²) in [7, 11) is -3.66. The fraction of sp³-hybridized carbons (Fsp3) is 0.176. The lowest BCUT2D eigenvalue weighted by Crippen LogP contribution is -2.11. The zero-order valence-corrected chi connectivity index (χ0v) is 14.6. The molecule has 0 radical (unpaired) electrons. The Kier molecular flexibility index (Phi) is 4.14. The molecule has 2 N–H and O–H groups in total. The number of hydrogen-bond acceptors (Lipinski definition) is 3. The average molecular weight is 346 g/mol. The number of thiophene rings is 1. The van der Waals surface area contributed by atoms with Crippen molar-refractivity contribution in [1.29, 1.82) is 0 Å². The second kappa shape index (κ2) is 5.96. The molecule has 4 nitrogen and oxygen atoms in total. The fourth-order valence-electron chi connectivity index (χ4n) is 2.49. The van der Waals surface area contributed by atoms with Crippen LogP contribution in [0, 0.1) is 6.92 Å². The van der Waals surface area contributed by atoms with Gasteiger partial charge in [-0.05, 0) is 59.7 Å². The van der Waals surface area contributed by atoms with Crippen molar-refractivity contribution >= 4 is 21.4 Å². The summed E-state index contributed by atoms with van der Waals surface area (Å²) in [5.41, 5.74) is 4.46. The number of nitrogens with two attached hydrogens (primary N) is 1. The van der Waals surface area contributed by atoms with Crippen molar-refractivity contribution in [2.24, 2.45) is 5.14 Å². The third kappa shape index (κ3) is 3.24. The highest BCUT2D eigenvalue weighted by Crippen LogP contribution is 2.30. The number of benzene rings is 1. The van der Waals surface area contributed by atoms with Crippen molar-refractivity contribution in [1.82, 2.24) is 4.57 Å². The standard InChI is InChI=1S/C17H18N2O2S2/c1-3-13-9-17(22-11-13)19-10-12(2)8-16(19)14-4-6-15(7-5-14)23(18,20)21/h4-11H,3H2,1-2H3,(H2,18,20,21). The van der Waals surface area contributed by atoms with Gasteiger partial charge in [0.2, 0.25) is 10.0 Å². The van der Waals surface area contributed by atoms with Crippen LogP contribution in [0.1, 0.15) is 18.1 Å². The van der Waals surface area contributed by atoms with E-state index in [9.17, 15) is 8.42 Å². The Labute approximate surface area is 140 Å². The van der Waals surface area contributed by atoms with Crippen molar-refractivity contribution in [2.75, 3.05) is 0 Å². The molecule has 0 atom stereocenters. The number of aromatic nitrogens is 1. The van der Waals surface area contributed by atoms with Crippen LogP contribution < -0.4 is 5.14 Å². The predicted octanol–water partition coefficient (Wildman–Crippen LogP) is 3.72. The van der Waals surface area contributed by atoms with Crippen LogP contribution in [-0.4, -0.2) is 13.0 Å². The molecule has 120 valence electrons. The number of rotatable bonds is 4. The summed E-state index contributed by atoms with van der Waals surface area (Å²) >= 11 is 1.70. The maximum Gasteiger partial charge on any atom is 0.238 e. The number of primary sulfonamides is 1. The first-order chi connectivity index (χ1) is 10.9. The van der Waals surface area contributed by atoms with Gasteiger partial charge in [-0.3, -0.25) is 0 Å². The lowest BCUT2D eigenvalue weighted by molar-refractivity contribution is 0.598. The van der Waals surface area contributed by atoms with Crippen molar-refractivity contribution in [2.45, 2.75) is 25.2 Å². The highest BCUT2D eigenvalue weighted by Gasteiger charge is 2.12. The molecule has 0 aliphatic rings. The van der Waals surface area contributed by atoms with Crippen LogP contribution in [0.15, 0.2) is 52.9 Å². The second-order valence-corrected chi connectivity index (χ2v) is 7.94. The Balaban J connectivity index is 2.07. The normalized spacial score (nSPS) is 11.8. The Hall–Kier alpha value is -1.89. The van der Waals surface area contributed by atoms with E-state index >= 15 is 0 Å². The van der Waals surface area contributed by atoms with Gasteiger partial charge in [0.05, 0.1) is 15.6 Å². The molecular formula is C17H18N2O2S2. The molecule has 3 rings (SSSR count). The molecule has 3 aromatic rings. The average Bonchev–Trinajstić information content (AvgIpc) is 3.12. The van der Waals surface area contributed by atoms with Crippen molar-refractivity contribution in [3.05, 3.63) is 59.1 Å². The Morgan fingerprint density at radius 1 is 1.17 bits per heavy atom. The van der Waals surface area contributed by atoms with E-state index in [-0.39, 0.29) is 4.90 Å². The molecule has 23 heavy (non-hydrogen) atoms. The van der Waals surface area contributed by atoms with E-state index in [2.05, 4.69) is 35.2 Å². The van der Waals surface area contributed by atoms with E-state index in [1.54, 1.807) is 35.6 Å². The molecule has 0 spiro atoms. The summed E-state index contributed by atoms with van der Waals surface area (Å²) in [5, 5.41) is 8.48. The lowest BCUT2D eigenvalue weighted by atomic mass is 10.1. The summed E-state index contributed by atoms with van der Waals surface area (Å²) in [5.74, 6) is 0. The number of aryl methyl sites for hydroxylation is 2. The van der Waals surface area contributed by atoms with Crippen LogP contribution in [0.2, 0.25) is 0 Å². The Morgan fingerprint density at radius 2 is 1.87 bits per heavy atom. The van der Waals surface area contributed by atoms with Gasteiger partial charge in [0.1, 0.15) is 0 Å². The third-order valence-corrected chi connectivity index (χ3v) is 5.63. The molecule has 0 aliphatic heterocycles. The highest BCUT2D eigenvalue weighted by atomic mass is 32.2. The zero-order valence-electron chi connectivity index (χ0n) is 13.0. The van der Waals surface area contributed by atoms with Crippen LogP contribution in [0.4, 0.5) is 0 Å². The molecule has 0 amide bonds. The highest BCUT2D eigenvalue weighted by molar-refractivity contribution is 7.89. The molecule has 2 heterocycles. The molecule has 0 fully saturated rings. The molecule has 0 aliphatic carbocycles. The first kappa shape index (κ1) is 16.0. The molecule has 0 saturated carbocycles. The first-order valence-corrected chi connectivity index (χ1v) is 9.71. The van der Waals surface area contributed by atoms with E-state index in [0.717, 1.165) is 28.2 Å². The SMILES string of the molecule is CCc1csc(-n2cc(C)cc2-c2ccc(S(N)(=O)=O)cc2)c1. The summed E-state index contributed by atoms with van der Waals surface area (Å²) in [6.45, 7) is 4.19. The number of nitrogens with zero attached hydrogens (tertiary/aromatic N) is 1. The van der Waals surface area contributed by atoms with Crippen LogP contribution in [0.3, 0.4) is 0 Å². The van der Waals surface area contributed by atoms with Gasteiger partial charge in [-0.15, -0.1) is 11.3 Å². The van der Waals surface area contributed by atoms with Crippen LogP contribution in [-0.2, 0) is 16.4 Å². The van der Waals surface area contributed by atoms with Gasteiger partial charge in [0.15, 0.2) is 0 Å². The van der Waals surface area contributed by atoms with E-state index in [1.165, 1.54) is 5.56 Å². The molecule has 0 saturated heterocycles. The van der Waals surface area contributed by atoms with Crippen LogP contribution in [0.5, 0.6) is 0 Å². The van der Waals surface area contributed by atoms with Crippen molar-refractivity contribution in [3.8, 4) is 16.3 Å². The Morgan fingerprint density at radius 3 is 2.43 bits per heavy atom. The number of hydrogen-bond donors (Lipinski definition) is 1. The monoisotopic (exact) mass is 346 g/mol. The van der Waals surface area contributed by atoms with E-state index in [0.29, 0.717) is 0 Å². The topological polar surface area (TPSA) is 65.1 Å². The van der Waals surface area contributed by atoms with Crippen molar-refractivity contribution < 1.29 is 8.42 Å². The van der Waals surface area contributed by atoms with E-state index in [4.69, 9.17) is 5.14 Å². The minimum atomic E-state index is -3.66. The molecular weight excluding hydrogens is 328 g/mol. The largest absolute Gasteiger partial charge is 0.308 e. The molecule has 2 aromatic heterocycles. The summed E-state index contributed by atoms with van der Waals surface area (Å²) < 4.78 is 24.9. The second-order valence-electron chi connectivity index (χ2n) is 5.49. The van der Waals surface area contributed by atoms with Gasteiger partial charge < -0.3 is 4.57 Å². The molecule has 0 unspecified atom stereocenters. The fourth-order valence-corrected chi connectivity index (χ4v) is 4.00. The van der Waals surface area contributed by atoms with E-state index < -0.39 is 10.0 Å². The van der Waals surface area contributed by atoms with Gasteiger partial charge in [-0.1, -0.05) is 19.1 Å². The minimum absolute atomic E-state index is 0.125. The summed E-state index contributed by atoms with van der Waals surface area (Å²) in [6, 6.07) is 11.0. The van der Waals surface area contributed by atoms with Gasteiger partial charge in [-0.2, -0.15) is 0 Å². The zero-order chi connectivity index (χ0) is 16.6. The minimum Gasteiger partial charge on any atom is -0.308 e. The quantitative estimate of drug-likeness (QED) is 0.782. The Bertz CT molecular complexity index is 935. The molecule has 1 aromatic carbocycles. The molecule has 0 bridgehead atoms. The van der Waals surface area contributed by atoms with Crippen LogP contribution >= 0.6 is 11.3 Å². The summed E-state index contributed by atoms with van der Waals surface area (Å²) in [6.07, 6.45) is 3.10. The first-order valence-electron chi connectivity index (χ1n) is 7.28. The van der Waals surface area contributed by atoms with Crippen molar-refractivity contribution in [3.63, 3.8) is 0 Å². The van der Waals surface area contributed by atoms with Gasteiger partial charge in [0.25, 0.3) is 0 Å². The number of sulfonamides is 1. The maximum atomic E-state index is 11.4. The third-order valence-electron chi connectivity index (χ3n) is 3.72. The summed E-state index contributed by atoms with van der Waals surface area (Å²) in [4.78, 5) is 0.125. The smallest absolute Gasteiger partial charge is 0.238 e. The lowest BCUT2D eigenvalue weighted by Gasteiger charge is -2.07. The molecule has 6 heteroatoms. The van der Waals surface area contributed by atoms with Gasteiger partial charge >= 0.3 is 0 Å². The maximum absolute atomic E-state index is 11.4.